The van der Waals surface area contributed by atoms with Crippen molar-refractivity contribution >= 4 is 18.1 Å². The minimum Gasteiger partial charge on any atom is -0.324 e. The van der Waals surface area contributed by atoms with Gasteiger partial charge in [-0.3, -0.25) is 10.1 Å². The second-order valence-corrected chi connectivity index (χ2v) is 4.43. The van der Waals surface area contributed by atoms with Crippen LogP contribution in [-0.4, -0.2) is 4.92 Å². The van der Waals surface area contributed by atoms with Crippen LogP contribution in [0.2, 0.25) is 0 Å². The van der Waals surface area contributed by atoms with Gasteiger partial charge in [-0.25, -0.2) is 0 Å². The monoisotopic (exact) mass is 258 g/mol. The lowest BCUT2D eigenvalue weighted by Gasteiger charge is -2.13. The summed E-state index contributed by atoms with van der Waals surface area (Å²) in [7, 11) is 0. The summed E-state index contributed by atoms with van der Waals surface area (Å²) in [5.41, 5.74) is 7.07. The molecule has 1 atom stereocenters. The summed E-state index contributed by atoms with van der Waals surface area (Å²) in [5.74, 6) is 0.629. The second kappa shape index (κ2) is 7.25. The van der Waals surface area contributed by atoms with Crippen LogP contribution in [0.25, 0.3) is 0 Å². The Morgan fingerprint density at radius 1 is 1.24 bits per heavy atom. The molecule has 1 aromatic rings. The molecule has 0 aliphatic carbocycles. The van der Waals surface area contributed by atoms with Gasteiger partial charge in [0.25, 0.3) is 5.69 Å². The first-order valence-electron chi connectivity index (χ1n) is 5.50. The number of benzene rings is 1. The Labute approximate surface area is 108 Å². The van der Waals surface area contributed by atoms with Gasteiger partial charge in [0, 0.05) is 18.2 Å². The molecule has 4 nitrogen and oxygen atoms in total. The fraction of sp³-hybridized carbons (Fsp3) is 0.500. The highest BCUT2D eigenvalue weighted by Gasteiger charge is 2.09. The molecule has 5 heteroatoms. The van der Waals surface area contributed by atoms with Gasteiger partial charge >= 0.3 is 0 Å². The lowest BCUT2D eigenvalue weighted by Crippen LogP contribution is -2.11. The van der Waals surface area contributed by atoms with Crippen LogP contribution in [-0.2, 0) is 0 Å². The van der Waals surface area contributed by atoms with E-state index in [1.165, 1.54) is 12.1 Å². The van der Waals surface area contributed by atoms with Gasteiger partial charge < -0.3 is 5.73 Å². The van der Waals surface area contributed by atoms with Gasteiger partial charge in [-0.1, -0.05) is 26.0 Å². The molecule has 0 aliphatic rings. The van der Waals surface area contributed by atoms with E-state index in [9.17, 15) is 10.1 Å². The normalized spacial score (nSPS) is 12.0. The number of nitro groups is 1. The fourth-order valence-electron chi connectivity index (χ4n) is 1.52. The summed E-state index contributed by atoms with van der Waals surface area (Å²) in [6, 6.07) is 6.46. The minimum atomic E-state index is -0.399. The van der Waals surface area contributed by atoms with Crippen LogP contribution in [0, 0.1) is 16.0 Å². The van der Waals surface area contributed by atoms with E-state index in [-0.39, 0.29) is 24.1 Å². The van der Waals surface area contributed by atoms with Gasteiger partial charge in [-0.2, -0.15) is 0 Å². The van der Waals surface area contributed by atoms with E-state index in [2.05, 4.69) is 13.8 Å². The molecular formula is C12H19ClN2O2. The molecule has 0 aliphatic heterocycles. The molecule has 0 radical (unpaired) electrons. The average molecular weight is 259 g/mol. The Kier molecular flexibility index (Phi) is 6.76. The number of halogens is 1. The van der Waals surface area contributed by atoms with Crippen LogP contribution in [0.1, 0.15) is 38.3 Å². The molecule has 0 fully saturated rings. The smallest absolute Gasteiger partial charge is 0.269 e. The van der Waals surface area contributed by atoms with Crippen molar-refractivity contribution in [2.24, 2.45) is 11.7 Å². The molecule has 0 heterocycles. The van der Waals surface area contributed by atoms with E-state index in [0.29, 0.717) is 5.92 Å². The second-order valence-electron chi connectivity index (χ2n) is 4.43. The summed E-state index contributed by atoms with van der Waals surface area (Å²) in [6.07, 6.45) is 1.98. The number of nitrogens with zero attached hydrogens (tertiary/aromatic N) is 1. The zero-order chi connectivity index (χ0) is 12.1. The predicted molar refractivity (Wildman–Crippen MR) is 71.3 cm³/mol. The van der Waals surface area contributed by atoms with E-state index in [1.807, 2.05) is 0 Å². The standard InChI is InChI=1S/C12H18N2O2.ClH/c1-9(2)3-8-12(13)10-4-6-11(7-5-10)14(15)16;/h4-7,9,12H,3,8,13H2,1-2H3;1H/t12-;/m1./s1. The molecule has 0 bridgehead atoms. The number of nitrogens with two attached hydrogens (primary N) is 1. The van der Waals surface area contributed by atoms with Crippen LogP contribution in [0.15, 0.2) is 24.3 Å². The fourth-order valence-corrected chi connectivity index (χ4v) is 1.52. The van der Waals surface area contributed by atoms with E-state index in [1.54, 1.807) is 12.1 Å². The van der Waals surface area contributed by atoms with Crippen molar-refractivity contribution in [1.82, 2.24) is 0 Å². The van der Waals surface area contributed by atoms with Gasteiger partial charge in [0.15, 0.2) is 0 Å². The first kappa shape index (κ1) is 15.9. The maximum atomic E-state index is 10.5. The van der Waals surface area contributed by atoms with E-state index in [4.69, 9.17) is 5.73 Å². The third-order valence-corrected chi connectivity index (χ3v) is 2.59. The quantitative estimate of drug-likeness (QED) is 0.650. The maximum absolute atomic E-state index is 10.5. The summed E-state index contributed by atoms with van der Waals surface area (Å²) in [4.78, 5) is 10.1. The van der Waals surface area contributed by atoms with Gasteiger partial charge in [0.05, 0.1) is 4.92 Å². The molecule has 17 heavy (non-hydrogen) atoms. The summed E-state index contributed by atoms with van der Waals surface area (Å²) in [5, 5.41) is 10.5. The molecule has 0 amide bonds. The number of hydrogen-bond donors (Lipinski definition) is 1. The number of hydrogen-bond acceptors (Lipinski definition) is 3. The molecule has 0 spiro atoms. The zero-order valence-corrected chi connectivity index (χ0v) is 10.9. The van der Waals surface area contributed by atoms with Crippen LogP contribution >= 0.6 is 12.4 Å². The molecular weight excluding hydrogens is 240 g/mol. The van der Waals surface area contributed by atoms with E-state index < -0.39 is 4.92 Å². The van der Waals surface area contributed by atoms with Crippen LogP contribution in [0.4, 0.5) is 5.69 Å². The Bertz CT molecular complexity index is 352. The third kappa shape index (κ3) is 5.15. The van der Waals surface area contributed by atoms with E-state index in [0.717, 1.165) is 18.4 Å². The topological polar surface area (TPSA) is 69.2 Å². The Hall–Kier alpha value is -1.13. The Morgan fingerprint density at radius 2 is 1.76 bits per heavy atom. The summed E-state index contributed by atoms with van der Waals surface area (Å²) in [6.45, 7) is 4.31. The van der Waals surface area contributed by atoms with Crippen molar-refractivity contribution < 1.29 is 4.92 Å². The van der Waals surface area contributed by atoms with Gasteiger partial charge in [0.1, 0.15) is 0 Å². The zero-order valence-electron chi connectivity index (χ0n) is 10.1. The Balaban J connectivity index is 0.00000256. The molecule has 0 aromatic heterocycles. The summed E-state index contributed by atoms with van der Waals surface area (Å²) < 4.78 is 0. The highest BCUT2D eigenvalue weighted by Crippen LogP contribution is 2.21. The molecule has 0 unspecified atom stereocenters. The molecule has 0 saturated carbocycles. The number of non-ortho nitro benzene ring substituents is 1. The average Bonchev–Trinajstić information content (AvgIpc) is 2.26. The molecule has 1 rings (SSSR count). The molecule has 2 N–H and O–H groups in total. The molecule has 96 valence electrons. The number of nitro benzene ring substituents is 1. The first-order chi connectivity index (χ1) is 7.50. The third-order valence-electron chi connectivity index (χ3n) is 2.59. The van der Waals surface area contributed by atoms with Crippen molar-refractivity contribution in [2.45, 2.75) is 32.7 Å². The molecule has 0 saturated heterocycles. The SMILES string of the molecule is CC(C)CC[C@@H](N)c1ccc([N+](=O)[O-])cc1.Cl. The first-order valence-corrected chi connectivity index (χ1v) is 5.50. The van der Waals surface area contributed by atoms with Crippen molar-refractivity contribution in [3.63, 3.8) is 0 Å². The van der Waals surface area contributed by atoms with Gasteiger partial charge in [0.2, 0.25) is 0 Å². The lowest BCUT2D eigenvalue weighted by atomic mass is 9.98. The summed E-state index contributed by atoms with van der Waals surface area (Å²) >= 11 is 0. The van der Waals surface area contributed by atoms with Gasteiger partial charge in [-0.15, -0.1) is 12.4 Å². The highest BCUT2D eigenvalue weighted by atomic mass is 35.5. The lowest BCUT2D eigenvalue weighted by molar-refractivity contribution is -0.384. The van der Waals surface area contributed by atoms with Crippen molar-refractivity contribution in [3.05, 3.63) is 39.9 Å². The van der Waals surface area contributed by atoms with Crippen molar-refractivity contribution in [3.8, 4) is 0 Å². The van der Waals surface area contributed by atoms with Crippen molar-refractivity contribution in [2.75, 3.05) is 0 Å². The Morgan fingerprint density at radius 3 is 2.18 bits per heavy atom. The number of rotatable bonds is 5. The van der Waals surface area contributed by atoms with E-state index >= 15 is 0 Å². The molecule has 1 aromatic carbocycles. The minimum absolute atomic E-state index is 0. The van der Waals surface area contributed by atoms with Crippen molar-refractivity contribution in [1.29, 1.82) is 0 Å². The van der Waals surface area contributed by atoms with Crippen LogP contribution in [0.5, 0.6) is 0 Å². The van der Waals surface area contributed by atoms with Crippen LogP contribution in [0.3, 0.4) is 0 Å². The predicted octanol–water partition coefficient (Wildman–Crippen LogP) is 3.45. The maximum Gasteiger partial charge on any atom is 0.269 e. The van der Waals surface area contributed by atoms with Crippen LogP contribution < -0.4 is 5.73 Å². The van der Waals surface area contributed by atoms with Gasteiger partial charge in [-0.05, 0) is 24.3 Å². The largest absolute Gasteiger partial charge is 0.324 e. The highest BCUT2D eigenvalue weighted by molar-refractivity contribution is 5.85.